The molecule has 0 spiro atoms. The van der Waals surface area contributed by atoms with E-state index in [0.717, 1.165) is 12.5 Å². The van der Waals surface area contributed by atoms with Crippen LogP contribution in [0.3, 0.4) is 0 Å². The maximum absolute atomic E-state index is 3.40. The first-order valence-electron chi connectivity index (χ1n) is 5.18. The molecule has 0 aromatic carbocycles. The Morgan fingerprint density at radius 1 is 1.62 bits per heavy atom. The van der Waals surface area contributed by atoms with E-state index in [1.165, 1.54) is 18.4 Å². The first kappa shape index (κ1) is 8.82. The van der Waals surface area contributed by atoms with Gasteiger partial charge in [-0.1, -0.05) is 0 Å². The van der Waals surface area contributed by atoms with Crippen molar-refractivity contribution in [2.45, 2.75) is 32.4 Å². The van der Waals surface area contributed by atoms with Crippen LogP contribution in [0.5, 0.6) is 0 Å². The highest BCUT2D eigenvalue weighted by Gasteiger charge is 2.31. The van der Waals surface area contributed by atoms with E-state index in [9.17, 15) is 0 Å². The Morgan fingerprint density at radius 2 is 2.38 bits per heavy atom. The van der Waals surface area contributed by atoms with Crippen molar-refractivity contribution in [3.63, 3.8) is 0 Å². The molecule has 1 aromatic rings. The Bertz CT molecular complexity index is 273. The number of nitrogens with zero attached hydrogens (tertiary/aromatic N) is 1. The fraction of sp³-hybridized carbons (Fsp3) is 0.636. The highest BCUT2D eigenvalue weighted by Crippen LogP contribution is 2.40. The Kier molecular flexibility index (Phi) is 2.40. The predicted molar refractivity (Wildman–Crippen MR) is 54.6 cm³/mol. The Morgan fingerprint density at radius 3 is 2.85 bits per heavy atom. The highest BCUT2D eigenvalue weighted by molar-refractivity contribution is 5.18. The summed E-state index contributed by atoms with van der Waals surface area (Å²) in [5, 5.41) is 3.40. The lowest BCUT2D eigenvalue weighted by Gasteiger charge is -2.13. The summed E-state index contributed by atoms with van der Waals surface area (Å²) in [6, 6.07) is 2.83. The number of rotatable bonds is 4. The van der Waals surface area contributed by atoms with Crippen molar-refractivity contribution in [2.24, 2.45) is 5.92 Å². The standard InChI is InChI=1S/C11H18N2/c1-3-13-7-6-10(8-13)11(12-2)9-4-5-9/h6-9,11-12H,3-5H2,1-2H3. The minimum atomic E-state index is 0.591. The molecule has 13 heavy (non-hydrogen) atoms. The van der Waals surface area contributed by atoms with Crippen molar-refractivity contribution in [1.82, 2.24) is 9.88 Å². The van der Waals surface area contributed by atoms with E-state index in [1.807, 2.05) is 0 Å². The lowest BCUT2D eigenvalue weighted by molar-refractivity contribution is 0.527. The topological polar surface area (TPSA) is 17.0 Å². The lowest BCUT2D eigenvalue weighted by atomic mass is 10.1. The van der Waals surface area contributed by atoms with E-state index in [1.54, 1.807) is 0 Å². The Hall–Kier alpha value is -0.760. The largest absolute Gasteiger partial charge is 0.354 e. The number of hydrogen-bond donors (Lipinski definition) is 1. The highest BCUT2D eigenvalue weighted by atomic mass is 15.0. The van der Waals surface area contributed by atoms with Gasteiger partial charge in [-0.25, -0.2) is 0 Å². The molecule has 72 valence electrons. The van der Waals surface area contributed by atoms with E-state index >= 15 is 0 Å². The third kappa shape index (κ3) is 1.78. The van der Waals surface area contributed by atoms with Crippen molar-refractivity contribution in [1.29, 1.82) is 0 Å². The van der Waals surface area contributed by atoms with Crippen LogP contribution in [0.1, 0.15) is 31.4 Å². The van der Waals surface area contributed by atoms with E-state index in [2.05, 4.69) is 42.3 Å². The summed E-state index contributed by atoms with van der Waals surface area (Å²) in [4.78, 5) is 0. The molecular formula is C11H18N2. The Labute approximate surface area is 79.9 Å². The van der Waals surface area contributed by atoms with E-state index in [0.29, 0.717) is 6.04 Å². The molecular weight excluding hydrogens is 160 g/mol. The quantitative estimate of drug-likeness (QED) is 0.747. The van der Waals surface area contributed by atoms with Crippen LogP contribution >= 0.6 is 0 Å². The average Bonchev–Trinajstić information content (AvgIpc) is 2.85. The molecule has 0 radical (unpaired) electrons. The summed E-state index contributed by atoms with van der Waals surface area (Å²) < 4.78 is 2.24. The summed E-state index contributed by atoms with van der Waals surface area (Å²) in [7, 11) is 2.06. The van der Waals surface area contributed by atoms with Gasteiger partial charge in [0.2, 0.25) is 0 Å². The van der Waals surface area contributed by atoms with Gasteiger partial charge in [0.25, 0.3) is 0 Å². The molecule has 1 aliphatic rings. The van der Waals surface area contributed by atoms with Gasteiger partial charge in [0.05, 0.1) is 0 Å². The van der Waals surface area contributed by atoms with Crippen molar-refractivity contribution in [2.75, 3.05) is 7.05 Å². The zero-order chi connectivity index (χ0) is 9.26. The lowest BCUT2D eigenvalue weighted by Crippen LogP contribution is -2.17. The van der Waals surface area contributed by atoms with Crippen LogP contribution < -0.4 is 5.32 Å². The summed E-state index contributed by atoms with van der Waals surface area (Å²) >= 11 is 0. The molecule has 2 heteroatoms. The van der Waals surface area contributed by atoms with Crippen molar-refractivity contribution in [3.05, 3.63) is 24.0 Å². The van der Waals surface area contributed by atoms with Crippen molar-refractivity contribution < 1.29 is 0 Å². The van der Waals surface area contributed by atoms with Gasteiger partial charge in [0.1, 0.15) is 0 Å². The number of aromatic nitrogens is 1. The van der Waals surface area contributed by atoms with Crippen LogP contribution in [-0.2, 0) is 6.54 Å². The van der Waals surface area contributed by atoms with Gasteiger partial charge in [0, 0.05) is 25.0 Å². The van der Waals surface area contributed by atoms with Gasteiger partial charge in [-0.05, 0) is 44.4 Å². The molecule has 0 saturated heterocycles. The van der Waals surface area contributed by atoms with Gasteiger partial charge in [-0.3, -0.25) is 0 Å². The van der Waals surface area contributed by atoms with E-state index in [4.69, 9.17) is 0 Å². The second-order valence-electron chi connectivity index (χ2n) is 3.88. The van der Waals surface area contributed by atoms with Crippen LogP contribution in [0.15, 0.2) is 18.5 Å². The molecule has 0 aliphatic heterocycles. The number of aryl methyl sites for hydroxylation is 1. The smallest absolute Gasteiger partial charge is 0.0361 e. The molecule has 1 unspecified atom stereocenters. The van der Waals surface area contributed by atoms with Gasteiger partial charge >= 0.3 is 0 Å². The molecule has 1 N–H and O–H groups in total. The third-order valence-corrected chi connectivity index (χ3v) is 2.90. The minimum absolute atomic E-state index is 0.591. The maximum atomic E-state index is 3.40. The maximum Gasteiger partial charge on any atom is 0.0361 e. The van der Waals surface area contributed by atoms with Gasteiger partial charge in [-0.15, -0.1) is 0 Å². The first-order chi connectivity index (χ1) is 6.35. The predicted octanol–water partition coefficient (Wildman–Crippen LogP) is 2.18. The van der Waals surface area contributed by atoms with Crippen LogP contribution in [-0.4, -0.2) is 11.6 Å². The fourth-order valence-electron chi connectivity index (χ4n) is 1.94. The van der Waals surface area contributed by atoms with Gasteiger partial charge in [0.15, 0.2) is 0 Å². The average molecular weight is 178 g/mol. The number of nitrogens with one attached hydrogen (secondary N) is 1. The van der Waals surface area contributed by atoms with Crippen molar-refractivity contribution >= 4 is 0 Å². The summed E-state index contributed by atoms with van der Waals surface area (Å²) in [5.74, 6) is 0.887. The molecule has 0 amide bonds. The molecule has 1 atom stereocenters. The summed E-state index contributed by atoms with van der Waals surface area (Å²) in [5.41, 5.74) is 1.45. The molecule has 2 nitrogen and oxygen atoms in total. The molecule has 1 aromatic heterocycles. The monoisotopic (exact) mass is 178 g/mol. The van der Waals surface area contributed by atoms with E-state index < -0.39 is 0 Å². The Balaban J connectivity index is 2.12. The second-order valence-corrected chi connectivity index (χ2v) is 3.88. The zero-order valence-electron chi connectivity index (χ0n) is 8.46. The second kappa shape index (κ2) is 3.54. The summed E-state index contributed by atoms with van der Waals surface area (Å²) in [6.07, 6.45) is 7.22. The molecule has 0 bridgehead atoms. The zero-order valence-corrected chi connectivity index (χ0v) is 8.46. The van der Waals surface area contributed by atoms with Gasteiger partial charge < -0.3 is 9.88 Å². The van der Waals surface area contributed by atoms with Crippen LogP contribution in [0.25, 0.3) is 0 Å². The molecule has 1 heterocycles. The van der Waals surface area contributed by atoms with E-state index in [-0.39, 0.29) is 0 Å². The normalized spacial score (nSPS) is 18.9. The van der Waals surface area contributed by atoms with Crippen LogP contribution in [0, 0.1) is 5.92 Å². The summed E-state index contributed by atoms with van der Waals surface area (Å²) in [6.45, 7) is 3.25. The fourth-order valence-corrected chi connectivity index (χ4v) is 1.94. The molecule has 1 saturated carbocycles. The molecule has 2 rings (SSSR count). The van der Waals surface area contributed by atoms with Crippen LogP contribution in [0.4, 0.5) is 0 Å². The third-order valence-electron chi connectivity index (χ3n) is 2.90. The molecule has 1 aliphatic carbocycles. The molecule has 1 fully saturated rings. The van der Waals surface area contributed by atoms with Crippen molar-refractivity contribution in [3.8, 4) is 0 Å². The first-order valence-corrected chi connectivity index (χ1v) is 5.18. The van der Waals surface area contributed by atoms with Crippen LogP contribution in [0.2, 0.25) is 0 Å². The minimum Gasteiger partial charge on any atom is -0.354 e. The SMILES string of the molecule is CCn1ccc(C(NC)C2CC2)c1. The van der Waals surface area contributed by atoms with Gasteiger partial charge in [-0.2, -0.15) is 0 Å². The number of hydrogen-bond acceptors (Lipinski definition) is 1.